The van der Waals surface area contributed by atoms with E-state index in [0.29, 0.717) is 0 Å². The van der Waals surface area contributed by atoms with Gasteiger partial charge in [0, 0.05) is 0 Å². The first-order valence-electron chi connectivity index (χ1n) is 4.65. The zero-order valence-corrected chi connectivity index (χ0v) is 8.39. The second-order valence-electron chi connectivity index (χ2n) is 3.68. The first kappa shape index (κ1) is 10.0. The Morgan fingerprint density at radius 2 is 1.46 bits per heavy atom. The van der Waals surface area contributed by atoms with Crippen LogP contribution in [0, 0.1) is 0 Å². The van der Waals surface area contributed by atoms with Gasteiger partial charge in [-0.25, -0.2) is 0 Å². The van der Waals surface area contributed by atoms with Gasteiger partial charge in [-0.05, 0) is 0 Å². The first-order valence-corrected chi connectivity index (χ1v) is 4.65. The zero-order chi connectivity index (χ0) is 9.42. The molecule has 48 valence electrons. The summed E-state index contributed by atoms with van der Waals surface area (Å²) in [7, 11) is 0. The summed E-state index contributed by atoms with van der Waals surface area (Å²) >= 11 is 6.52. The molecule has 0 aliphatic carbocycles. The van der Waals surface area contributed by atoms with Crippen LogP contribution in [0.4, 0.5) is 0 Å². The van der Waals surface area contributed by atoms with E-state index in [0.717, 1.165) is 0 Å². The van der Waals surface area contributed by atoms with Gasteiger partial charge in [-0.3, -0.25) is 0 Å². The van der Waals surface area contributed by atoms with E-state index in [1.807, 2.05) is 0 Å². The summed E-state index contributed by atoms with van der Waals surface area (Å²) in [5, 5.41) is 2.77. The van der Waals surface area contributed by atoms with Gasteiger partial charge in [-0.2, -0.15) is 0 Å². The van der Waals surface area contributed by atoms with Crippen molar-refractivity contribution in [2.24, 2.45) is 0 Å². The molecule has 0 amide bonds. The molecule has 0 aliphatic heterocycles. The van der Waals surface area contributed by atoms with E-state index in [1.165, 1.54) is 23.5 Å². The van der Waals surface area contributed by atoms with Crippen molar-refractivity contribution in [3.8, 4) is 0 Å². The maximum absolute atomic E-state index is 2.22. The number of rotatable bonds is 0. The monoisotopic (exact) mass is 146 g/mol. The topological polar surface area (TPSA) is 0 Å². The van der Waals surface area contributed by atoms with E-state index in [-0.39, 0.29) is 0 Å². The predicted molar refractivity (Wildman–Crippen MR) is 60.1 cm³/mol. The molecule has 0 aromatic heterocycles. The third-order valence-electron chi connectivity index (χ3n) is 2.82. The maximum atomic E-state index is 2.22. The Kier molecular flexibility index (Phi) is 3.03. The third kappa shape index (κ3) is 1.82. The van der Waals surface area contributed by atoms with Crippen LogP contribution in [0.2, 0.25) is 0 Å². The molecule has 0 aliphatic rings. The van der Waals surface area contributed by atoms with Gasteiger partial charge in [0.15, 0.2) is 0 Å². The number of benzene rings is 2. The molecule has 0 spiro atoms. The average molecular weight is 146 g/mol. The van der Waals surface area contributed by atoms with Gasteiger partial charge in [0.1, 0.15) is 0 Å². The normalized spacial score (nSPS) is 10.9. The van der Waals surface area contributed by atoms with Crippen molar-refractivity contribution in [3.05, 3.63) is 30.3 Å². The molecule has 2 rings (SSSR count). The van der Waals surface area contributed by atoms with Crippen molar-refractivity contribution in [3.63, 3.8) is 0 Å². The van der Waals surface area contributed by atoms with Gasteiger partial charge in [-0.1, -0.05) is 0 Å². The van der Waals surface area contributed by atoms with Crippen LogP contribution in [0.15, 0.2) is 30.3 Å². The first-order chi connectivity index (χ1) is 6.20. The molecule has 2 aromatic rings. The summed E-state index contributed by atoms with van der Waals surface area (Å²) in [5.41, 5.74) is 0. The molecule has 0 bridgehead atoms. The molecule has 0 heterocycles. The zero-order valence-electron chi connectivity index (χ0n) is 8.39. The molecule has 0 saturated carbocycles. The van der Waals surface area contributed by atoms with E-state index in [9.17, 15) is 0 Å². The quantitative estimate of drug-likeness (QED) is 0.428. The fraction of sp³-hybridized carbons (Fsp3) is 0. The third-order valence-corrected chi connectivity index (χ3v) is 2.82. The molecule has 0 radical (unpaired) electrons. The molecular weight excluding hydrogens is 141 g/mol. The Bertz CT molecular complexity index is 463. The van der Waals surface area contributed by atoms with Crippen LogP contribution in [0.1, 0.15) is 0 Å². The summed E-state index contributed by atoms with van der Waals surface area (Å²) in [6.07, 6.45) is 0. The van der Waals surface area contributed by atoms with Crippen molar-refractivity contribution in [1.29, 1.82) is 0 Å². The van der Waals surface area contributed by atoms with Crippen molar-refractivity contribution in [1.82, 2.24) is 0 Å². The molecule has 0 N–H and O–H groups in total. The van der Waals surface area contributed by atoms with Crippen LogP contribution in [0.25, 0.3) is 10.8 Å². The second-order valence-corrected chi connectivity index (χ2v) is 3.68. The van der Waals surface area contributed by atoms with Crippen LogP contribution in [-0.4, -0.2) is 53.1 Å². The molecule has 0 unspecified atom stereocenters. The molecule has 0 atom stereocenters. The Balaban J connectivity index is 2.94. The summed E-state index contributed by atoms with van der Waals surface area (Å²) in [5.74, 6) is 0. The Labute approximate surface area is 106 Å². The van der Waals surface area contributed by atoms with Crippen LogP contribution in [-0.2, 0) is 0 Å². The summed E-state index contributed by atoms with van der Waals surface area (Å²) in [6.45, 7) is 0. The van der Waals surface area contributed by atoms with Crippen molar-refractivity contribution < 1.29 is 0 Å². The van der Waals surface area contributed by atoms with Gasteiger partial charge in [-0.15, -0.1) is 0 Å². The summed E-state index contributed by atoms with van der Waals surface area (Å²) < 4.78 is 4.14. The van der Waals surface area contributed by atoms with Crippen molar-refractivity contribution in [2.45, 2.75) is 0 Å². The van der Waals surface area contributed by atoms with Crippen LogP contribution >= 0.6 is 0 Å². The van der Waals surface area contributed by atoms with Gasteiger partial charge < -0.3 is 0 Å². The van der Waals surface area contributed by atoms with Crippen molar-refractivity contribution in [2.75, 3.05) is 0 Å². The molecule has 2 aromatic carbocycles. The molecular formula is C10H5Li3. The fourth-order valence-electron chi connectivity index (χ4n) is 1.77. The second kappa shape index (κ2) is 3.93. The van der Waals surface area contributed by atoms with Gasteiger partial charge in [0.2, 0.25) is 0 Å². The van der Waals surface area contributed by atoms with E-state index < -0.39 is 0 Å². The molecule has 0 fully saturated rings. The SMILES string of the molecule is [Li][c]1ccc2[c]([Li])cccc2[c]1[Li]. The molecule has 0 saturated heterocycles. The summed E-state index contributed by atoms with van der Waals surface area (Å²) in [4.78, 5) is 0. The van der Waals surface area contributed by atoms with Crippen LogP contribution in [0.3, 0.4) is 0 Å². The minimum absolute atomic E-state index is 1.36. The van der Waals surface area contributed by atoms with Gasteiger partial charge >= 0.3 is 107 Å². The summed E-state index contributed by atoms with van der Waals surface area (Å²) in [6, 6.07) is 10.9. The standard InChI is InChI=1S/C10H5.3Li/c1-2-6-10-8-4-3-7-9(10)5-1;;;/h1-3,6-7H;;;. The Morgan fingerprint density at radius 3 is 2.23 bits per heavy atom. The molecule has 3 heteroatoms. The van der Waals surface area contributed by atoms with Crippen LogP contribution in [0.5, 0.6) is 0 Å². The van der Waals surface area contributed by atoms with Gasteiger partial charge in [0.25, 0.3) is 0 Å². The van der Waals surface area contributed by atoms with E-state index in [1.54, 1.807) is 0 Å². The number of fused-ring (bicyclic) bond motifs is 1. The Hall–Kier alpha value is 0.492. The average Bonchev–Trinajstić information content (AvgIpc) is 2.12. The van der Waals surface area contributed by atoms with E-state index in [2.05, 4.69) is 83.5 Å². The van der Waals surface area contributed by atoms with E-state index >= 15 is 0 Å². The van der Waals surface area contributed by atoms with Crippen LogP contribution < -0.4 is 12.7 Å². The Morgan fingerprint density at radius 1 is 0.692 bits per heavy atom. The predicted octanol–water partition coefficient (Wildman–Crippen LogP) is -0.779. The fourth-order valence-corrected chi connectivity index (χ4v) is 1.77. The van der Waals surface area contributed by atoms with E-state index in [4.69, 9.17) is 0 Å². The van der Waals surface area contributed by atoms with Gasteiger partial charge in [0.05, 0.1) is 0 Å². The number of hydrogen-bond acceptors (Lipinski definition) is 0. The van der Waals surface area contributed by atoms with Crippen molar-refractivity contribution >= 4 is 76.6 Å². The molecule has 13 heavy (non-hydrogen) atoms. The minimum atomic E-state index is 1.36. The molecule has 0 nitrogen and oxygen atoms in total. The number of hydrogen-bond donors (Lipinski definition) is 0.